The van der Waals surface area contributed by atoms with Crippen molar-refractivity contribution in [1.29, 1.82) is 0 Å². The number of hydrogen-bond acceptors (Lipinski definition) is 3. The Morgan fingerprint density at radius 3 is 2.83 bits per heavy atom. The van der Waals surface area contributed by atoms with Gasteiger partial charge in [0.05, 0.1) is 21.4 Å². The molecule has 0 radical (unpaired) electrons. The minimum atomic E-state index is -0.544. The van der Waals surface area contributed by atoms with Crippen molar-refractivity contribution in [3.63, 3.8) is 0 Å². The van der Waals surface area contributed by atoms with Crippen LogP contribution in [0.15, 0.2) is 28.9 Å². The first-order valence-corrected chi connectivity index (χ1v) is 6.19. The van der Waals surface area contributed by atoms with Crippen LogP contribution in [0.3, 0.4) is 0 Å². The molecule has 0 saturated heterocycles. The molecule has 0 aliphatic heterocycles. The average Bonchev–Trinajstić information content (AvgIpc) is 2.34. The van der Waals surface area contributed by atoms with E-state index < -0.39 is 5.82 Å². The summed E-state index contributed by atoms with van der Waals surface area (Å²) < 4.78 is 19.4. The molecule has 0 fully saturated rings. The Kier molecular flexibility index (Phi) is 3.73. The second-order valence-corrected chi connectivity index (χ2v) is 4.84. The van der Waals surface area contributed by atoms with Crippen LogP contribution in [0, 0.1) is 12.7 Å². The molecular weight excluding hydrogens is 322 g/mol. The van der Waals surface area contributed by atoms with Crippen LogP contribution in [0.5, 0.6) is 11.6 Å². The maximum absolute atomic E-state index is 13.3. The predicted octanol–water partition coefficient (Wildman–Crippen LogP) is 4.32. The summed E-state index contributed by atoms with van der Waals surface area (Å²) in [6, 6.07) is 4.18. The summed E-state index contributed by atoms with van der Waals surface area (Å²) in [4.78, 5) is 4.04. The van der Waals surface area contributed by atoms with E-state index >= 15 is 0 Å². The monoisotopic (exact) mass is 330 g/mol. The number of aromatic nitrogens is 1. The van der Waals surface area contributed by atoms with Crippen molar-refractivity contribution < 1.29 is 9.13 Å². The Morgan fingerprint density at radius 1 is 1.44 bits per heavy atom. The van der Waals surface area contributed by atoms with Gasteiger partial charge < -0.3 is 10.5 Å². The van der Waals surface area contributed by atoms with Gasteiger partial charge in [0.25, 0.3) is 0 Å². The van der Waals surface area contributed by atoms with Crippen molar-refractivity contribution in [2.45, 2.75) is 6.92 Å². The van der Waals surface area contributed by atoms with Gasteiger partial charge in [0.2, 0.25) is 5.88 Å². The number of ether oxygens (including phenoxy) is 1. The molecular formula is C12H9BrClFN2O. The van der Waals surface area contributed by atoms with Crippen LogP contribution in [0.1, 0.15) is 5.56 Å². The lowest BCUT2D eigenvalue weighted by Crippen LogP contribution is -1.96. The maximum Gasteiger partial charge on any atom is 0.234 e. The Balaban J connectivity index is 2.34. The summed E-state index contributed by atoms with van der Waals surface area (Å²) in [5.74, 6) is 0.0927. The first-order valence-electron chi connectivity index (χ1n) is 5.02. The van der Waals surface area contributed by atoms with Crippen molar-refractivity contribution in [3.8, 4) is 11.6 Å². The third-order valence-corrected chi connectivity index (χ3v) is 3.62. The van der Waals surface area contributed by atoms with Crippen LogP contribution in [-0.4, -0.2) is 4.98 Å². The Labute approximate surface area is 117 Å². The summed E-state index contributed by atoms with van der Waals surface area (Å²) >= 11 is 8.92. The fourth-order valence-electron chi connectivity index (χ4n) is 1.29. The molecule has 1 aromatic carbocycles. The second kappa shape index (κ2) is 5.12. The number of nitrogens with two attached hydrogens (primary N) is 1. The Bertz CT molecular complexity index is 607. The van der Waals surface area contributed by atoms with Gasteiger partial charge in [-0.15, -0.1) is 0 Å². The normalized spacial score (nSPS) is 10.4. The average molecular weight is 332 g/mol. The van der Waals surface area contributed by atoms with E-state index in [1.165, 1.54) is 18.3 Å². The number of hydrogen-bond donors (Lipinski definition) is 1. The van der Waals surface area contributed by atoms with Crippen LogP contribution in [0.25, 0.3) is 0 Å². The molecule has 0 spiro atoms. The molecule has 2 aromatic rings. The lowest BCUT2D eigenvalue weighted by molar-refractivity contribution is 0.454. The number of nitrogen functional groups attached to an aromatic ring is 1. The highest BCUT2D eigenvalue weighted by atomic mass is 79.9. The molecule has 18 heavy (non-hydrogen) atoms. The number of nitrogens with zero attached hydrogens (tertiary/aromatic N) is 1. The summed E-state index contributed by atoms with van der Waals surface area (Å²) in [5.41, 5.74) is 7.07. The minimum Gasteiger partial charge on any atom is -0.438 e. The number of benzene rings is 1. The van der Waals surface area contributed by atoms with Gasteiger partial charge in [-0.25, -0.2) is 9.37 Å². The highest BCUT2D eigenvalue weighted by Gasteiger charge is 2.10. The van der Waals surface area contributed by atoms with E-state index in [9.17, 15) is 4.39 Å². The molecule has 1 heterocycles. The summed E-state index contributed by atoms with van der Waals surface area (Å²) in [6.07, 6.45) is 1.49. The maximum atomic E-state index is 13.3. The first-order chi connectivity index (χ1) is 8.49. The summed E-state index contributed by atoms with van der Waals surface area (Å²) in [5, 5.41) is 0.0443. The van der Waals surface area contributed by atoms with E-state index in [2.05, 4.69) is 20.9 Å². The number of rotatable bonds is 2. The molecule has 0 bridgehead atoms. The van der Waals surface area contributed by atoms with Crippen molar-refractivity contribution in [3.05, 3.63) is 45.3 Å². The highest BCUT2D eigenvalue weighted by Crippen LogP contribution is 2.33. The van der Waals surface area contributed by atoms with E-state index in [-0.39, 0.29) is 5.02 Å². The standard InChI is InChI=1S/C12H9BrClFN2O/c1-6-10(16)5-17-12(11(6)13)18-7-2-3-8(14)9(15)4-7/h2-5H,16H2,1H3. The first kappa shape index (κ1) is 13.1. The second-order valence-electron chi connectivity index (χ2n) is 3.64. The molecule has 3 nitrogen and oxygen atoms in total. The van der Waals surface area contributed by atoms with E-state index in [0.717, 1.165) is 5.56 Å². The lowest BCUT2D eigenvalue weighted by atomic mass is 10.2. The largest absolute Gasteiger partial charge is 0.438 e. The van der Waals surface area contributed by atoms with Gasteiger partial charge >= 0.3 is 0 Å². The van der Waals surface area contributed by atoms with Crippen molar-refractivity contribution >= 4 is 33.2 Å². The fraction of sp³-hybridized carbons (Fsp3) is 0.0833. The molecule has 6 heteroatoms. The van der Waals surface area contributed by atoms with Crippen LogP contribution in [-0.2, 0) is 0 Å². The molecule has 2 rings (SSSR count). The van der Waals surface area contributed by atoms with Crippen LogP contribution in [0.4, 0.5) is 10.1 Å². The Morgan fingerprint density at radius 2 is 2.17 bits per heavy atom. The molecule has 0 aliphatic rings. The molecule has 1 aromatic heterocycles. The molecule has 0 unspecified atom stereocenters. The predicted molar refractivity (Wildman–Crippen MR) is 72.6 cm³/mol. The van der Waals surface area contributed by atoms with Crippen LogP contribution < -0.4 is 10.5 Å². The molecule has 94 valence electrons. The smallest absolute Gasteiger partial charge is 0.234 e. The van der Waals surface area contributed by atoms with Gasteiger partial charge in [-0.3, -0.25) is 0 Å². The van der Waals surface area contributed by atoms with Gasteiger partial charge in [0, 0.05) is 6.07 Å². The molecule has 0 amide bonds. The van der Waals surface area contributed by atoms with Crippen molar-refractivity contribution in [1.82, 2.24) is 4.98 Å². The van der Waals surface area contributed by atoms with E-state index in [1.807, 2.05) is 6.92 Å². The minimum absolute atomic E-state index is 0.0443. The molecule has 0 saturated carbocycles. The Hall–Kier alpha value is -1.33. The van der Waals surface area contributed by atoms with E-state index in [1.54, 1.807) is 6.07 Å². The quantitative estimate of drug-likeness (QED) is 0.891. The third kappa shape index (κ3) is 2.57. The van der Waals surface area contributed by atoms with Gasteiger partial charge in [-0.05, 0) is 40.5 Å². The number of pyridine rings is 1. The summed E-state index contributed by atoms with van der Waals surface area (Å²) in [6.45, 7) is 1.83. The van der Waals surface area contributed by atoms with Gasteiger partial charge in [0.15, 0.2) is 0 Å². The number of halogens is 3. The van der Waals surface area contributed by atoms with Gasteiger partial charge in [-0.1, -0.05) is 11.6 Å². The number of anilines is 1. The lowest BCUT2D eigenvalue weighted by Gasteiger charge is -2.10. The van der Waals surface area contributed by atoms with Crippen LogP contribution in [0.2, 0.25) is 5.02 Å². The third-order valence-electron chi connectivity index (χ3n) is 2.38. The summed E-state index contributed by atoms with van der Waals surface area (Å²) in [7, 11) is 0. The highest BCUT2D eigenvalue weighted by molar-refractivity contribution is 9.10. The topological polar surface area (TPSA) is 48.1 Å². The molecule has 0 aliphatic carbocycles. The van der Waals surface area contributed by atoms with Crippen molar-refractivity contribution in [2.75, 3.05) is 5.73 Å². The van der Waals surface area contributed by atoms with E-state index in [4.69, 9.17) is 22.1 Å². The zero-order valence-electron chi connectivity index (χ0n) is 9.38. The SMILES string of the molecule is Cc1c(N)cnc(Oc2ccc(Cl)c(F)c2)c1Br. The molecule has 2 N–H and O–H groups in total. The van der Waals surface area contributed by atoms with Crippen molar-refractivity contribution in [2.24, 2.45) is 0 Å². The van der Waals surface area contributed by atoms with E-state index in [0.29, 0.717) is 21.8 Å². The zero-order chi connectivity index (χ0) is 13.3. The van der Waals surface area contributed by atoms with Gasteiger partial charge in [0.1, 0.15) is 11.6 Å². The van der Waals surface area contributed by atoms with Crippen LogP contribution >= 0.6 is 27.5 Å². The molecule has 0 atom stereocenters. The fourth-order valence-corrected chi connectivity index (χ4v) is 1.82. The zero-order valence-corrected chi connectivity index (χ0v) is 11.7. The van der Waals surface area contributed by atoms with Gasteiger partial charge in [-0.2, -0.15) is 0 Å².